The first-order valence-corrected chi connectivity index (χ1v) is 8.81. The van der Waals surface area contributed by atoms with Crippen molar-refractivity contribution >= 4 is 17.3 Å². The third kappa shape index (κ3) is 4.86. The molecular weight excluding hydrogens is 369 g/mol. The van der Waals surface area contributed by atoms with Gasteiger partial charge < -0.3 is 9.64 Å². The Balaban J connectivity index is 1.64. The van der Waals surface area contributed by atoms with Crippen LogP contribution in [-0.4, -0.2) is 30.0 Å². The molecule has 1 heterocycles. The molecule has 5 nitrogen and oxygen atoms in total. The maximum Gasteiger partial charge on any atom is 0.287 e. The van der Waals surface area contributed by atoms with Gasteiger partial charge in [-0.2, -0.15) is 5.10 Å². The summed E-state index contributed by atoms with van der Waals surface area (Å²) in [6.45, 7) is 1.20. The van der Waals surface area contributed by atoms with E-state index in [4.69, 9.17) is 16.3 Å². The number of nitrogens with zero attached hydrogens (tertiary/aromatic N) is 3. The molecule has 3 rings (SSSR count). The van der Waals surface area contributed by atoms with Crippen LogP contribution in [0.2, 0.25) is 5.02 Å². The smallest absolute Gasteiger partial charge is 0.287 e. The summed E-state index contributed by atoms with van der Waals surface area (Å²) in [6.07, 6.45) is 1.57. The monoisotopic (exact) mass is 387 g/mol. The zero-order chi connectivity index (χ0) is 19.2. The third-order valence-corrected chi connectivity index (χ3v) is 4.42. The van der Waals surface area contributed by atoms with Gasteiger partial charge in [-0.15, -0.1) is 0 Å². The highest BCUT2D eigenvalue weighted by atomic mass is 35.5. The van der Waals surface area contributed by atoms with E-state index in [9.17, 15) is 9.18 Å². The van der Waals surface area contributed by atoms with Gasteiger partial charge in [-0.05, 0) is 29.8 Å². The summed E-state index contributed by atoms with van der Waals surface area (Å²) in [7, 11) is 1.80. The summed E-state index contributed by atoms with van der Waals surface area (Å²) in [5.74, 6) is 0.265. The zero-order valence-corrected chi connectivity index (χ0v) is 15.6. The van der Waals surface area contributed by atoms with Crippen LogP contribution in [0.3, 0.4) is 0 Å². The van der Waals surface area contributed by atoms with Crippen LogP contribution < -0.4 is 15.2 Å². The SMILES string of the molecule is CN(CCOc1ccc(F)cc1)c1cnn(Cc2ccccc2)c(=O)c1Cl. The standard InChI is InChI=1S/C20H19ClFN3O2/c1-24(11-12-27-17-9-7-16(22)8-10-17)18-13-23-25(20(26)19(18)21)14-15-5-3-2-4-6-15/h2-10,13H,11-12,14H2,1H3. The van der Waals surface area contributed by atoms with Gasteiger partial charge in [0.2, 0.25) is 0 Å². The minimum atomic E-state index is -0.343. The van der Waals surface area contributed by atoms with E-state index in [-0.39, 0.29) is 16.4 Å². The molecule has 140 valence electrons. The first kappa shape index (κ1) is 18.9. The molecular formula is C20H19ClFN3O2. The largest absolute Gasteiger partial charge is 0.492 e. The lowest BCUT2D eigenvalue weighted by Gasteiger charge is -2.20. The number of rotatable bonds is 7. The van der Waals surface area contributed by atoms with E-state index in [1.54, 1.807) is 30.3 Å². The molecule has 0 amide bonds. The molecule has 0 aliphatic rings. The highest BCUT2D eigenvalue weighted by Crippen LogP contribution is 2.20. The molecule has 0 saturated carbocycles. The molecule has 0 bridgehead atoms. The van der Waals surface area contributed by atoms with Crippen LogP contribution in [0.4, 0.5) is 10.1 Å². The Labute approximate surface area is 161 Å². The van der Waals surface area contributed by atoms with Crippen LogP contribution in [0.5, 0.6) is 5.75 Å². The number of halogens is 2. The maximum absolute atomic E-state index is 12.9. The van der Waals surface area contributed by atoms with Crippen molar-refractivity contribution in [2.45, 2.75) is 6.54 Å². The molecule has 27 heavy (non-hydrogen) atoms. The summed E-state index contributed by atoms with van der Waals surface area (Å²) < 4.78 is 19.8. The number of benzene rings is 2. The predicted octanol–water partition coefficient (Wildman–Crippen LogP) is 3.60. The fourth-order valence-electron chi connectivity index (χ4n) is 2.54. The van der Waals surface area contributed by atoms with Gasteiger partial charge in [0, 0.05) is 7.05 Å². The van der Waals surface area contributed by atoms with Crippen molar-refractivity contribution in [1.29, 1.82) is 0 Å². The van der Waals surface area contributed by atoms with Gasteiger partial charge >= 0.3 is 0 Å². The number of anilines is 1. The highest BCUT2D eigenvalue weighted by Gasteiger charge is 2.13. The van der Waals surface area contributed by atoms with Crippen molar-refractivity contribution in [2.24, 2.45) is 0 Å². The zero-order valence-electron chi connectivity index (χ0n) is 14.8. The molecule has 1 aromatic heterocycles. The Bertz CT molecular complexity index is 946. The van der Waals surface area contributed by atoms with Crippen molar-refractivity contribution in [2.75, 3.05) is 25.1 Å². The average molecular weight is 388 g/mol. The van der Waals surface area contributed by atoms with Gasteiger partial charge in [0.05, 0.1) is 25.0 Å². The summed E-state index contributed by atoms with van der Waals surface area (Å²) in [5.41, 5.74) is 1.16. The minimum Gasteiger partial charge on any atom is -0.492 e. The van der Waals surface area contributed by atoms with Crippen molar-refractivity contribution in [1.82, 2.24) is 9.78 Å². The molecule has 0 unspecified atom stereocenters. The normalized spacial score (nSPS) is 10.6. The lowest BCUT2D eigenvalue weighted by molar-refractivity contribution is 0.325. The fraction of sp³-hybridized carbons (Fsp3) is 0.200. The van der Waals surface area contributed by atoms with Crippen LogP contribution in [0.1, 0.15) is 5.56 Å². The van der Waals surface area contributed by atoms with Gasteiger partial charge in [-0.1, -0.05) is 41.9 Å². The van der Waals surface area contributed by atoms with Gasteiger partial charge in [-0.25, -0.2) is 9.07 Å². The number of aromatic nitrogens is 2. The summed E-state index contributed by atoms with van der Waals surface area (Å²) >= 11 is 6.28. The molecule has 0 saturated heterocycles. The van der Waals surface area contributed by atoms with E-state index in [0.29, 0.717) is 31.1 Å². The lowest BCUT2D eigenvalue weighted by atomic mass is 10.2. The molecule has 0 atom stereocenters. The van der Waals surface area contributed by atoms with Crippen LogP contribution >= 0.6 is 11.6 Å². The van der Waals surface area contributed by atoms with E-state index in [0.717, 1.165) is 5.56 Å². The predicted molar refractivity (Wildman–Crippen MR) is 104 cm³/mol. The van der Waals surface area contributed by atoms with Crippen molar-refractivity contribution in [3.05, 3.63) is 87.6 Å². The van der Waals surface area contributed by atoms with E-state index in [2.05, 4.69) is 5.10 Å². The quantitative estimate of drug-likeness (QED) is 0.621. The number of hydrogen-bond acceptors (Lipinski definition) is 4. The summed E-state index contributed by atoms with van der Waals surface area (Å²) in [6, 6.07) is 15.4. The molecule has 0 spiro atoms. The lowest BCUT2D eigenvalue weighted by Crippen LogP contribution is -2.29. The van der Waals surface area contributed by atoms with Crippen LogP contribution in [-0.2, 0) is 6.54 Å². The van der Waals surface area contributed by atoms with E-state index >= 15 is 0 Å². The number of hydrogen-bond donors (Lipinski definition) is 0. The van der Waals surface area contributed by atoms with Crippen molar-refractivity contribution in [3.8, 4) is 5.75 Å². The Hall–Kier alpha value is -2.86. The number of ether oxygens (including phenoxy) is 1. The van der Waals surface area contributed by atoms with Gasteiger partial charge in [0.1, 0.15) is 23.2 Å². The minimum absolute atomic E-state index is 0.116. The van der Waals surface area contributed by atoms with Gasteiger partial charge in [0.15, 0.2) is 0 Å². The Morgan fingerprint density at radius 1 is 1.15 bits per heavy atom. The van der Waals surface area contributed by atoms with Crippen molar-refractivity contribution < 1.29 is 9.13 Å². The van der Waals surface area contributed by atoms with E-state index in [1.807, 2.05) is 30.3 Å². The second-order valence-electron chi connectivity index (χ2n) is 6.02. The van der Waals surface area contributed by atoms with Crippen LogP contribution in [0.15, 0.2) is 65.6 Å². The molecule has 7 heteroatoms. The topological polar surface area (TPSA) is 47.4 Å². The van der Waals surface area contributed by atoms with Crippen molar-refractivity contribution in [3.63, 3.8) is 0 Å². The first-order valence-electron chi connectivity index (χ1n) is 8.43. The first-order chi connectivity index (χ1) is 13.0. The highest BCUT2D eigenvalue weighted by molar-refractivity contribution is 6.33. The van der Waals surface area contributed by atoms with Gasteiger partial charge in [-0.3, -0.25) is 4.79 Å². The maximum atomic E-state index is 12.9. The molecule has 3 aromatic rings. The average Bonchev–Trinajstić information content (AvgIpc) is 2.68. The van der Waals surface area contributed by atoms with Gasteiger partial charge in [0.25, 0.3) is 5.56 Å². The summed E-state index contributed by atoms with van der Waals surface area (Å²) in [4.78, 5) is 14.3. The molecule has 0 fully saturated rings. The Morgan fingerprint density at radius 2 is 1.85 bits per heavy atom. The van der Waals surface area contributed by atoms with Crippen LogP contribution in [0, 0.1) is 5.82 Å². The molecule has 0 aliphatic heterocycles. The fourth-order valence-corrected chi connectivity index (χ4v) is 2.83. The molecule has 0 aliphatic carbocycles. The Morgan fingerprint density at radius 3 is 2.56 bits per heavy atom. The Kier molecular flexibility index (Phi) is 6.08. The number of likely N-dealkylation sites (N-methyl/N-ethyl adjacent to an activating group) is 1. The van der Waals surface area contributed by atoms with Crippen LogP contribution in [0.25, 0.3) is 0 Å². The molecule has 0 N–H and O–H groups in total. The summed E-state index contributed by atoms with van der Waals surface area (Å²) in [5, 5.41) is 4.34. The molecule has 0 radical (unpaired) electrons. The van der Waals surface area contributed by atoms with E-state index in [1.165, 1.54) is 16.8 Å². The molecule has 2 aromatic carbocycles. The third-order valence-electron chi connectivity index (χ3n) is 4.06. The second kappa shape index (κ2) is 8.68. The second-order valence-corrected chi connectivity index (χ2v) is 6.39. The van der Waals surface area contributed by atoms with E-state index < -0.39 is 0 Å².